The monoisotopic (exact) mass is 468 g/mol. The molecule has 0 bridgehead atoms. The van der Waals surface area contributed by atoms with Crippen LogP contribution in [0.15, 0.2) is 97.3 Å². The zero-order valence-corrected chi connectivity index (χ0v) is 21.0. The third-order valence-electron chi connectivity index (χ3n) is 7.23. The van der Waals surface area contributed by atoms with Crippen LogP contribution in [-0.2, 0) is 5.41 Å². The van der Waals surface area contributed by atoms with Crippen molar-refractivity contribution in [1.29, 1.82) is 0 Å². The number of fused-ring (bicyclic) bond motifs is 3. The van der Waals surface area contributed by atoms with Crippen LogP contribution in [0.3, 0.4) is 0 Å². The maximum Gasteiger partial charge on any atom is 0.219 e. The van der Waals surface area contributed by atoms with Gasteiger partial charge in [0, 0.05) is 18.5 Å². The van der Waals surface area contributed by atoms with Gasteiger partial charge in [0.2, 0.25) is 5.88 Å². The van der Waals surface area contributed by atoms with Crippen LogP contribution in [0.4, 0.5) is 0 Å². The molecule has 176 valence electrons. The van der Waals surface area contributed by atoms with Crippen molar-refractivity contribution in [3.8, 4) is 33.9 Å². The van der Waals surface area contributed by atoms with Gasteiger partial charge < -0.3 is 4.74 Å². The van der Waals surface area contributed by atoms with Crippen LogP contribution < -0.4 is 4.74 Å². The molecule has 5 aromatic rings. The van der Waals surface area contributed by atoms with Gasteiger partial charge in [-0.15, -0.1) is 0 Å². The maximum atomic E-state index is 6.08. The van der Waals surface area contributed by atoms with Crippen molar-refractivity contribution < 1.29 is 4.74 Å². The van der Waals surface area contributed by atoms with Crippen molar-refractivity contribution >= 4 is 0 Å². The summed E-state index contributed by atoms with van der Waals surface area (Å²) in [7, 11) is 0. The lowest BCUT2D eigenvalue weighted by Crippen LogP contribution is -2.24. The average Bonchev–Trinajstić information content (AvgIpc) is 3.12. The third-order valence-corrected chi connectivity index (χ3v) is 7.23. The molecule has 1 unspecified atom stereocenters. The van der Waals surface area contributed by atoms with Crippen LogP contribution in [0.1, 0.15) is 40.4 Å². The first kappa shape index (κ1) is 22.2. The molecule has 1 aliphatic carbocycles. The Balaban J connectivity index is 1.51. The Bertz CT molecular complexity index is 1610. The number of nitrogens with zero attached hydrogens (tertiary/aromatic N) is 2. The predicted octanol–water partition coefficient (Wildman–Crippen LogP) is 8.20. The molecule has 2 heterocycles. The van der Waals surface area contributed by atoms with E-state index in [9.17, 15) is 0 Å². The summed E-state index contributed by atoms with van der Waals surface area (Å²) in [6.07, 6.45) is 3.67. The molecule has 3 heteroatoms. The van der Waals surface area contributed by atoms with E-state index in [0.717, 1.165) is 28.1 Å². The van der Waals surface area contributed by atoms with E-state index in [1.54, 1.807) is 6.20 Å². The fraction of sp³-hybridized carbons (Fsp3) is 0.152. The standard InChI is InChI=1S/C33H28N2O/c1-21-8-11-29-28(17-21)27-10-9-24(20-30(27)33(29,4)31-18-22(2)12-14-34-31)25-15-23(3)16-26(19-25)36-32-7-5-6-13-35-32/h5-20H,1-4H3. The number of benzene rings is 3. The molecule has 6 rings (SSSR count). The van der Waals surface area contributed by atoms with Crippen LogP contribution >= 0.6 is 0 Å². The quantitative estimate of drug-likeness (QED) is 0.267. The van der Waals surface area contributed by atoms with Crippen LogP contribution in [0, 0.1) is 20.8 Å². The second-order valence-corrected chi connectivity index (χ2v) is 9.96. The van der Waals surface area contributed by atoms with Gasteiger partial charge in [-0.05, 0) is 109 Å². The van der Waals surface area contributed by atoms with E-state index in [4.69, 9.17) is 9.72 Å². The number of pyridine rings is 2. The summed E-state index contributed by atoms with van der Waals surface area (Å²) in [4.78, 5) is 9.18. The van der Waals surface area contributed by atoms with E-state index in [1.807, 2.05) is 30.5 Å². The Morgan fingerprint density at radius 1 is 0.611 bits per heavy atom. The zero-order chi connectivity index (χ0) is 24.9. The van der Waals surface area contributed by atoms with E-state index in [-0.39, 0.29) is 5.41 Å². The van der Waals surface area contributed by atoms with Crippen molar-refractivity contribution in [3.05, 3.63) is 131 Å². The molecule has 0 spiro atoms. The summed E-state index contributed by atoms with van der Waals surface area (Å²) < 4.78 is 6.08. The molecule has 0 aliphatic heterocycles. The molecular formula is C33H28N2O. The molecule has 0 saturated heterocycles. The minimum absolute atomic E-state index is 0.336. The van der Waals surface area contributed by atoms with E-state index in [1.165, 1.54) is 33.4 Å². The first-order valence-electron chi connectivity index (χ1n) is 12.3. The van der Waals surface area contributed by atoms with Gasteiger partial charge in [-0.1, -0.05) is 48.0 Å². The number of aryl methyl sites for hydroxylation is 3. The van der Waals surface area contributed by atoms with Gasteiger partial charge in [-0.2, -0.15) is 0 Å². The van der Waals surface area contributed by atoms with Crippen LogP contribution in [-0.4, -0.2) is 9.97 Å². The molecule has 3 nitrogen and oxygen atoms in total. The minimum atomic E-state index is -0.336. The largest absolute Gasteiger partial charge is 0.439 e. The summed E-state index contributed by atoms with van der Waals surface area (Å²) in [5.41, 5.74) is 11.8. The molecule has 0 fully saturated rings. The van der Waals surface area contributed by atoms with Crippen molar-refractivity contribution in [1.82, 2.24) is 9.97 Å². The summed E-state index contributed by atoms with van der Waals surface area (Å²) >= 11 is 0. The SMILES string of the molecule is Cc1cc(Oc2ccccn2)cc(-c2ccc3c(c2)C(C)(c2cc(C)ccn2)c2ccc(C)cc2-3)c1. The van der Waals surface area contributed by atoms with Crippen LogP contribution in [0.5, 0.6) is 11.6 Å². The molecule has 0 N–H and O–H groups in total. The van der Waals surface area contributed by atoms with Crippen LogP contribution in [0.25, 0.3) is 22.3 Å². The predicted molar refractivity (Wildman–Crippen MR) is 146 cm³/mol. The highest BCUT2D eigenvalue weighted by Gasteiger charge is 2.42. The molecule has 0 saturated carbocycles. The van der Waals surface area contributed by atoms with E-state index < -0.39 is 0 Å². The first-order chi connectivity index (χ1) is 17.4. The second-order valence-electron chi connectivity index (χ2n) is 9.96. The molecule has 1 atom stereocenters. The Morgan fingerprint density at radius 3 is 2.28 bits per heavy atom. The summed E-state index contributed by atoms with van der Waals surface area (Å²) in [5, 5.41) is 0. The number of hydrogen-bond donors (Lipinski definition) is 0. The average molecular weight is 469 g/mol. The number of ether oxygens (including phenoxy) is 1. The molecule has 0 amide bonds. The van der Waals surface area contributed by atoms with Gasteiger partial charge >= 0.3 is 0 Å². The van der Waals surface area contributed by atoms with E-state index in [0.29, 0.717) is 5.88 Å². The summed E-state index contributed by atoms with van der Waals surface area (Å²) in [6.45, 7) is 8.70. The van der Waals surface area contributed by atoms with Gasteiger partial charge in [0.25, 0.3) is 0 Å². The van der Waals surface area contributed by atoms with Crippen LogP contribution in [0.2, 0.25) is 0 Å². The highest BCUT2D eigenvalue weighted by Crippen LogP contribution is 2.53. The Morgan fingerprint density at radius 2 is 1.47 bits per heavy atom. The second kappa shape index (κ2) is 8.46. The van der Waals surface area contributed by atoms with Gasteiger partial charge in [0.15, 0.2) is 0 Å². The number of rotatable bonds is 4. The highest BCUT2D eigenvalue weighted by molar-refractivity contribution is 5.86. The normalized spacial score (nSPS) is 15.9. The lowest BCUT2D eigenvalue weighted by Gasteiger charge is -2.27. The van der Waals surface area contributed by atoms with Gasteiger partial charge in [-0.3, -0.25) is 4.98 Å². The van der Waals surface area contributed by atoms with Gasteiger partial charge in [0.1, 0.15) is 5.75 Å². The van der Waals surface area contributed by atoms with Gasteiger partial charge in [0.05, 0.1) is 11.1 Å². The lowest BCUT2D eigenvalue weighted by molar-refractivity contribution is 0.463. The Hall–Kier alpha value is -4.24. The fourth-order valence-corrected chi connectivity index (χ4v) is 5.42. The smallest absolute Gasteiger partial charge is 0.219 e. The van der Waals surface area contributed by atoms with Crippen molar-refractivity contribution in [3.63, 3.8) is 0 Å². The van der Waals surface area contributed by atoms with E-state index in [2.05, 4.69) is 93.3 Å². The molecule has 3 aromatic carbocycles. The molecule has 0 radical (unpaired) electrons. The summed E-state index contributed by atoms with van der Waals surface area (Å²) in [6, 6.07) is 29.9. The zero-order valence-electron chi connectivity index (χ0n) is 21.0. The third kappa shape index (κ3) is 3.68. The minimum Gasteiger partial charge on any atom is -0.439 e. The fourth-order valence-electron chi connectivity index (χ4n) is 5.42. The molecular weight excluding hydrogens is 440 g/mol. The lowest BCUT2D eigenvalue weighted by atomic mass is 9.76. The number of aromatic nitrogens is 2. The first-order valence-corrected chi connectivity index (χ1v) is 12.3. The molecule has 36 heavy (non-hydrogen) atoms. The summed E-state index contributed by atoms with van der Waals surface area (Å²) in [5.74, 6) is 1.37. The Kier molecular flexibility index (Phi) is 5.22. The van der Waals surface area contributed by atoms with Crippen molar-refractivity contribution in [2.75, 3.05) is 0 Å². The highest BCUT2D eigenvalue weighted by atomic mass is 16.5. The maximum absolute atomic E-state index is 6.08. The molecule has 1 aliphatic rings. The number of hydrogen-bond acceptors (Lipinski definition) is 3. The van der Waals surface area contributed by atoms with Crippen molar-refractivity contribution in [2.24, 2.45) is 0 Å². The van der Waals surface area contributed by atoms with Gasteiger partial charge in [-0.25, -0.2) is 4.98 Å². The van der Waals surface area contributed by atoms with E-state index >= 15 is 0 Å². The topological polar surface area (TPSA) is 35.0 Å². The molecule has 2 aromatic heterocycles. The van der Waals surface area contributed by atoms with Crippen molar-refractivity contribution in [2.45, 2.75) is 33.1 Å². The Labute approximate surface area is 212 Å².